The average molecular weight is 492 g/mol. The first-order valence-corrected chi connectivity index (χ1v) is 11.7. The van der Waals surface area contributed by atoms with E-state index in [4.69, 9.17) is 21.1 Å². The minimum absolute atomic E-state index is 0.00266. The second-order valence-electron chi connectivity index (χ2n) is 8.34. The highest BCUT2D eigenvalue weighted by Gasteiger charge is 2.47. The van der Waals surface area contributed by atoms with E-state index in [1.165, 1.54) is 4.90 Å². The number of carbonyl (C=O) groups is 2. The minimum Gasteiger partial charge on any atom is -0.507 e. The number of carbonyl (C=O) groups excluding carboxylic acids is 2. The van der Waals surface area contributed by atoms with Crippen LogP contribution in [0.3, 0.4) is 0 Å². The summed E-state index contributed by atoms with van der Waals surface area (Å²) in [5.74, 6) is -0.559. The Labute approximate surface area is 209 Å². The van der Waals surface area contributed by atoms with Crippen LogP contribution in [0.1, 0.15) is 37.9 Å². The summed E-state index contributed by atoms with van der Waals surface area (Å²) < 4.78 is 11.3. The normalized spacial score (nSPS) is 17.2. The number of benzene rings is 3. The third kappa shape index (κ3) is 5.03. The van der Waals surface area contributed by atoms with Crippen molar-refractivity contribution in [1.82, 2.24) is 0 Å². The molecule has 1 aliphatic rings. The molecule has 1 heterocycles. The van der Waals surface area contributed by atoms with Gasteiger partial charge in [0.2, 0.25) is 0 Å². The molecule has 0 aromatic heterocycles. The zero-order valence-electron chi connectivity index (χ0n) is 19.7. The van der Waals surface area contributed by atoms with Crippen LogP contribution in [0, 0.1) is 0 Å². The van der Waals surface area contributed by atoms with Crippen LogP contribution < -0.4 is 14.4 Å². The van der Waals surface area contributed by atoms with Crippen LogP contribution in [0.15, 0.2) is 78.4 Å². The van der Waals surface area contributed by atoms with E-state index in [9.17, 15) is 14.7 Å². The van der Waals surface area contributed by atoms with Gasteiger partial charge in [-0.25, -0.2) is 0 Å². The van der Waals surface area contributed by atoms with Crippen LogP contribution in [0.4, 0.5) is 5.69 Å². The third-order valence-corrected chi connectivity index (χ3v) is 5.79. The van der Waals surface area contributed by atoms with Crippen LogP contribution in [0.25, 0.3) is 5.76 Å². The van der Waals surface area contributed by atoms with E-state index in [1.54, 1.807) is 72.8 Å². The van der Waals surface area contributed by atoms with Gasteiger partial charge in [0.25, 0.3) is 11.7 Å². The lowest BCUT2D eigenvalue weighted by Crippen LogP contribution is -2.29. The molecule has 6 nitrogen and oxygen atoms in total. The largest absolute Gasteiger partial charge is 0.507 e. The predicted molar refractivity (Wildman–Crippen MR) is 136 cm³/mol. The predicted octanol–water partition coefficient (Wildman–Crippen LogP) is 6.15. The zero-order valence-corrected chi connectivity index (χ0v) is 20.5. The molecule has 180 valence electrons. The number of aliphatic hydroxyl groups excluding tert-OH is 1. The molecule has 0 saturated carbocycles. The molecule has 0 spiro atoms. The molecule has 3 aromatic rings. The molecule has 0 radical (unpaired) electrons. The lowest BCUT2D eigenvalue weighted by atomic mass is 9.95. The molecule has 0 aliphatic carbocycles. The monoisotopic (exact) mass is 491 g/mol. The quantitative estimate of drug-likeness (QED) is 0.243. The molecule has 7 heteroatoms. The van der Waals surface area contributed by atoms with Gasteiger partial charge in [0.15, 0.2) is 0 Å². The maximum absolute atomic E-state index is 13.3. The number of Topliss-reactive ketones (excluding diaryl/α,β-unsaturated/α-hetero) is 1. The van der Waals surface area contributed by atoms with Gasteiger partial charge in [0.1, 0.15) is 17.3 Å². The van der Waals surface area contributed by atoms with Crippen molar-refractivity contribution >= 4 is 34.7 Å². The number of ketones is 1. The molecule has 1 N–H and O–H groups in total. The van der Waals surface area contributed by atoms with Gasteiger partial charge in [-0.05, 0) is 74.9 Å². The summed E-state index contributed by atoms with van der Waals surface area (Å²) in [5, 5.41) is 11.8. The molecular weight excluding hydrogens is 466 g/mol. The Kier molecular flexibility index (Phi) is 7.12. The Morgan fingerprint density at radius 2 is 1.69 bits per heavy atom. The summed E-state index contributed by atoms with van der Waals surface area (Å²) in [7, 11) is 0. The Bertz CT molecular complexity index is 1270. The molecule has 1 fully saturated rings. The fourth-order valence-electron chi connectivity index (χ4n) is 4.07. The molecule has 35 heavy (non-hydrogen) atoms. The first-order chi connectivity index (χ1) is 16.8. The van der Waals surface area contributed by atoms with E-state index in [0.29, 0.717) is 39.9 Å². The lowest BCUT2D eigenvalue weighted by Gasteiger charge is -2.26. The van der Waals surface area contributed by atoms with Gasteiger partial charge in [-0.2, -0.15) is 0 Å². The first-order valence-electron chi connectivity index (χ1n) is 11.4. The highest BCUT2D eigenvalue weighted by molar-refractivity contribution is 6.51. The molecule has 1 atom stereocenters. The van der Waals surface area contributed by atoms with Crippen molar-refractivity contribution in [2.24, 2.45) is 0 Å². The molecule has 3 aromatic carbocycles. The van der Waals surface area contributed by atoms with Crippen molar-refractivity contribution in [3.05, 3.63) is 94.5 Å². The number of aliphatic hydroxyl groups is 1. The molecule has 1 saturated heterocycles. The van der Waals surface area contributed by atoms with E-state index in [2.05, 4.69) is 0 Å². The van der Waals surface area contributed by atoms with Gasteiger partial charge in [0.05, 0.1) is 24.3 Å². The summed E-state index contributed by atoms with van der Waals surface area (Å²) in [4.78, 5) is 28.0. The standard InChI is InChI=1S/C28H26ClNO5/c1-4-34-23-7-5-6-21(16-23)30-25(18-8-12-20(29)13-9-18)24(27(32)28(30)33)26(31)19-10-14-22(15-11-19)35-17(2)3/h5-17,25,31H,4H2,1-3H3/b26-24+. The number of hydrogen-bond acceptors (Lipinski definition) is 5. The molecule has 4 rings (SSSR count). The topological polar surface area (TPSA) is 76.1 Å². The van der Waals surface area contributed by atoms with E-state index in [0.717, 1.165) is 0 Å². The molecule has 0 bridgehead atoms. The summed E-state index contributed by atoms with van der Waals surface area (Å²) >= 11 is 6.09. The van der Waals surface area contributed by atoms with Crippen LogP contribution in [0.5, 0.6) is 11.5 Å². The third-order valence-electron chi connectivity index (χ3n) is 5.54. The van der Waals surface area contributed by atoms with Crippen molar-refractivity contribution in [3.63, 3.8) is 0 Å². The van der Waals surface area contributed by atoms with Gasteiger partial charge in [-0.3, -0.25) is 14.5 Å². The van der Waals surface area contributed by atoms with Gasteiger partial charge in [-0.1, -0.05) is 29.8 Å². The summed E-state index contributed by atoms with van der Waals surface area (Å²) in [6.07, 6.45) is -0.00266. The number of halogens is 1. The van der Waals surface area contributed by atoms with E-state index in [1.807, 2.05) is 20.8 Å². The SMILES string of the molecule is CCOc1cccc(N2C(=O)C(=O)/C(=C(/O)c3ccc(OC(C)C)cc3)C2c2ccc(Cl)cc2)c1. The summed E-state index contributed by atoms with van der Waals surface area (Å²) in [6, 6.07) is 19.7. The van der Waals surface area contributed by atoms with Crippen LogP contribution in [-0.2, 0) is 9.59 Å². The van der Waals surface area contributed by atoms with E-state index < -0.39 is 17.7 Å². The number of anilines is 1. The summed E-state index contributed by atoms with van der Waals surface area (Å²) in [6.45, 7) is 6.16. The van der Waals surface area contributed by atoms with Crippen molar-refractivity contribution < 1.29 is 24.2 Å². The fourth-order valence-corrected chi connectivity index (χ4v) is 4.19. The number of rotatable bonds is 7. The van der Waals surface area contributed by atoms with Gasteiger partial charge in [0, 0.05) is 22.3 Å². The zero-order chi connectivity index (χ0) is 25.1. The number of ether oxygens (including phenoxy) is 2. The number of nitrogens with zero attached hydrogens (tertiary/aromatic N) is 1. The Balaban J connectivity index is 1.85. The Morgan fingerprint density at radius 3 is 2.31 bits per heavy atom. The Morgan fingerprint density at radius 1 is 1.00 bits per heavy atom. The van der Waals surface area contributed by atoms with E-state index >= 15 is 0 Å². The Hall–Kier alpha value is -3.77. The van der Waals surface area contributed by atoms with Crippen LogP contribution >= 0.6 is 11.6 Å². The summed E-state index contributed by atoms with van der Waals surface area (Å²) in [5.41, 5.74) is 1.52. The number of hydrogen-bond donors (Lipinski definition) is 1. The van der Waals surface area contributed by atoms with Gasteiger partial charge < -0.3 is 14.6 Å². The van der Waals surface area contributed by atoms with Gasteiger partial charge in [-0.15, -0.1) is 0 Å². The maximum atomic E-state index is 13.3. The van der Waals surface area contributed by atoms with Crippen molar-refractivity contribution in [1.29, 1.82) is 0 Å². The molecular formula is C28H26ClNO5. The highest BCUT2D eigenvalue weighted by atomic mass is 35.5. The fraction of sp³-hybridized carbons (Fsp3) is 0.214. The molecule has 1 unspecified atom stereocenters. The van der Waals surface area contributed by atoms with E-state index in [-0.39, 0.29) is 17.4 Å². The number of amides is 1. The van der Waals surface area contributed by atoms with Crippen molar-refractivity contribution in [3.8, 4) is 11.5 Å². The second kappa shape index (κ2) is 10.2. The van der Waals surface area contributed by atoms with Crippen LogP contribution in [-0.4, -0.2) is 29.5 Å². The minimum atomic E-state index is -0.851. The smallest absolute Gasteiger partial charge is 0.300 e. The van der Waals surface area contributed by atoms with Gasteiger partial charge >= 0.3 is 0 Å². The van der Waals surface area contributed by atoms with Crippen molar-refractivity contribution in [2.45, 2.75) is 32.9 Å². The lowest BCUT2D eigenvalue weighted by molar-refractivity contribution is -0.132. The van der Waals surface area contributed by atoms with Crippen LogP contribution in [0.2, 0.25) is 5.02 Å². The first kappa shape index (κ1) is 24.4. The second-order valence-corrected chi connectivity index (χ2v) is 8.78. The van der Waals surface area contributed by atoms with Crippen molar-refractivity contribution in [2.75, 3.05) is 11.5 Å². The molecule has 1 aliphatic heterocycles. The highest BCUT2D eigenvalue weighted by Crippen LogP contribution is 2.43. The molecule has 1 amide bonds. The maximum Gasteiger partial charge on any atom is 0.300 e. The average Bonchev–Trinajstić information content (AvgIpc) is 3.10.